The molecule has 0 N–H and O–H groups in total. The normalized spacial score (nSPS) is 14.1. The van der Waals surface area contributed by atoms with Gasteiger partial charge in [-0.15, -0.1) is 0 Å². The van der Waals surface area contributed by atoms with Crippen molar-refractivity contribution in [2.24, 2.45) is 7.05 Å². The number of aryl methyl sites for hydroxylation is 2. The van der Waals surface area contributed by atoms with E-state index in [1.807, 2.05) is 42.3 Å². The van der Waals surface area contributed by atoms with Gasteiger partial charge in [0.05, 0.1) is 28.1 Å². The Morgan fingerprint density at radius 3 is 2.62 bits per heavy atom. The van der Waals surface area contributed by atoms with E-state index in [0.717, 1.165) is 46.5 Å². The van der Waals surface area contributed by atoms with Gasteiger partial charge >= 0.3 is 0 Å². The Balaban J connectivity index is 1.48. The summed E-state index contributed by atoms with van der Waals surface area (Å²) < 4.78 is 18.5. The molecule has 2 aromatic heterocycles. The van der Waals surface area contributed by atoms with E-state index in [9.17, 15) is 4.39 Å². The Morgan fingerprint density at radius 1 is 1.00 bits per heavy atom. The molecule has 1 aliphatic rings. The van der Waals surface area contributed by atoms with Gasteiger partial charge in [-0.25, -0.2) is 4.39 Å². The van der Waals surface area contributed by atoms with Gasteiger partial charge in [-0.3, -0.25) is 4.68 Å². The maximum Gasteiger partial charge on any atom is 0.142 e. The van der Waals surface area contributed by atoms with Gasteiger partial charge in [-0.1, -0.05) is 48.0 Å². The maximum absolute atomic E-state index is 14.5. The maximum atomic E-state index is 14.5. The average Bonchev–Trinajstić information content (AvgIpc) is 3.41. The number of para-hydroxylation sites is 1. The van der Waals surface area contributed by atoms with Crippen LogP contribution < -0.4 is 4.90 Å². The number of fused-ring (bicyclic) bond motifs is 1. The summed E-state index contributed by atoms with van der Waals surface area (Å²) >= 11 is 6.52. The smallest absolute Gasteiger partial charge is 0.142 e. The van der Waals surface area contributed by atoms with Crippen molar-refractivity contribution in [2.45, 2.75) is 12.8 Å². The molecule has 170 valence electrons. The average molecular weight is 471 g/mol. The van der Waals surface area contributed by atoms with E-state index in [1.165, 1.54) is 11.6 Å². The van der Waals surface area contributed by atoms with E-state index in [1.54, 1.807) is 6.07 Å². The van der Waals surface area contributed by atoms with Crippen molar-refractivity contribution in [3.8, 4) is 16.8 Å². The Labute approximate surface area is 202 Å². The number of benzene rings is 3. The summed E-state index contributed by atoms with van der Waals surface area (Å²) in [6, 6.07) is 19.9. The second kappa shape index (κ2) is 8.03. The van der Waals surface area contributed by atoms with Crippen molar-refractivity contribution in [1.29, 1.82) is 0 Å². The van der Waals surface area contributed by atoms with Crippen molar-refractivity contribution in [3.05, 3.63) is 101 Å². The van der Waals surface area contributed by atoms with E-state index in [-0.39, 0.29) is 5.02 Å². The lowest BCUT2D eigenvalue weighted by molar-refractivity contribution is 0.525. The molecule has 3 heterocycles. The molecule has 1 saturated heterocycles. The fourth-order valence-electron chi connectivity index (χ4n) is 5.03. The van der Waals surface area contributed by atoms with Gasteiger partial charge in [0, 0.05) is 49.6 Å². The summed E-state index contributed by atoms with van der Waals surface area (Å²) in [6.45, 7) is 3.97. The fourth-order valence-corrected chi connectivity index (χ4v) is 5.26. The number of hydrogen-bond donors (Lipinski definition) is 0. The summed E-state index contributed by atoms with van der Waals surface area (Å²) in [7, 11) is 1.93. The van der Waals surface area contributed by atoms with Crippen LogP contribution in [0.3, 0.4) is 0 Å². The summed E-state index contributed by atoms with van der Waals surface area (Å²) in [5.41, 5.74) is 7.31. The predicted molar refractivity (Wildman–Crippen MR) is 137 cm³/mol. The van der Waals surface area contributed by atoms with Crippen LogP contribution in [0.5, 0.6) is 0 Å². The molecule has 0 spiro atoms. The molecule has 34 heavy (non-hydrogen) atoms. The Hall–Kier alpha value is -3.57. The second-order valence-corrected chi connectivity index (χ2v) is 9.43. The largest absolute Gasteiger partial charge is 0.368 e. The molecule has 0 atom stereocenters. The van der Waals surface area contributed by atoms with E-state index < -0.39 is 5.82 Å². The lowest BCUT2D eigenvalue weighted by Gasteiger charge is -2.41. The molecular formula is C28H24ClFN4. The highest BCUT2D eigenvalue weighted by Gasteiger charge is 2.30. The SMILES string of the molecule is Cc1cc(C2CN(c3cnn(C)c3)C2)cc(-c2cccc(F)c2Cl)c1-n1ccc2ccccc21. The number of rotatable bonds is 4. The standard InChI is InChI=1S/C28H24ClFN4/c1-18-12-20(21-15-33(16-21)22-14-31-32(2)17-22)13-24(23-7-5-8-25(30)27(23)29)28(18)34-11-10-19-6-3-4-9-26(19)34/h3-14,17,21H,15-16H2,1-2H3. The Bertz CT molecular complexity index is 1530. The third kappa shape index (κ3) is 3.39. The highest BCUT2D eigenvalue weighted by Crippen LogP contribution is 2.41. The summed E-state index contributed by atoms with van der Waals surface area (Å²) in [5, 5.41) is 5.61. The van der Waals surface area contributed by atoms with Crippen LogP contribution in [0.2, 0.25) is 5.02 Å². The summed E-state index contributed by atoms with van der Waals surface area (Å²) in [5.74, 6) is -0.0163. The molecule has 4 nitrogen and oxygen atoms in total. The van der Waals surface area contributed by atoms with Gasteiger partial charge in [0.15, 0.2) is 0 Å². The van der Waals surface area contributed by atoms with Gasteiger partial charge in [0.25, 0.3) is 0 Å². The Morgan fingerprint density at radius 2 is 1.82 bits per heavy atom. The van der Waals surface area contributed by atoms with Crippen LogP contribution in [0, 0.1) is 12.7 Å². The van der Waals surface area contributed by atoms with Crippen molar-refractivity contribution in [2.75, 3.05) is 18.0 Å². The molecule has 0 aliphatic carbocycles. The first-order chi connectivity index (χ1) is 16.5. The van der Waals surface area contributed by atoms with Crippen LogP contribution in [0.15, 0.2) is 79.3 Å². The number of anilines is 1. The molecule has 0 amide bonds. The molecule has 6 heteroatoms. The number of aromatic nitrogens is 3. The first-order valence-corrected chi connectivity index (χ1v) is 11.8. The molecule has 1 fully saturated rings. The van der Waals surface area contributed by atoms with E-state index in [4.69, 9.17) is 11.6 Å². The van der Waals surface area contributed by atoms with Crippen molar-refractivity contribution < 1.29 is 4.39 Å². The van der Waals surface area contributed by atoms with Crippen LogP contribution in [0.4, 0.5) is 10.1 Å². The van der Waals surface area contributed by atoms with Crippen LogP contribution in [0.1, 0.15) is 17.0 Å². The van der Waals surface area contributed by atoms with Crippen LogP contribution in [-0.2, 0) is 7.05 Å². The van der Waals surface area contributed by atoms with Gasteiger partial charge in [0.1, 0.15) is 5.82 Å². The van der Waals surface area contributed by atoms with Gasteiger partial charge < -0.3 is 9.47 Å². The second-order valence-electron chi connectivity index (χ2n) is 9.05. The lowest BCUT2D eigenvalue weighted by atomic mass is 9.86. The first-order valence-electron chi connectivity index (χ1n) is 11.4. The zero-order valence-electron chi connectivity index (χ0n) is 19.0. The van der Waals surface area contributed by atoms with Gasteiger partial charge in [-0.2, -0.15) is 5.10 Å². The Kier molecular flexibility index (Phi) is 4.96. The summed E-state index contributed by atoms with van der Waals surface area (Å²) in [6.07, 6.45) is 6.02. The van der Waals surface area contributed by atoms with Gasteiger partial charge in [0.2, 0.25) is 0 Å². The summed E-state index contributed by atoms with van der Waals surface area (Å²) in [4.78, 5) is 2.33. The zero-order chi connectivity index (χ0) is 23.4. The van der Waals surface area contributed by atoms with Crippen molar-refractivity contribution in [1.82, 2.24) is 14.3 Å². The number of halogens is 2. The first kappa shape index (κ1) is 21.0. The molecule has 0 saturated carbocycles. The molecule has 1 aliphatic heterocycles. The lowest BCUT2D eigenvalue weighted by Crippen LogP contribution is -2.44. The van der Waals surface area contributed by atoms with Crippen molar-refractivity contribution in [3.63, 3.8) is 0 Å². The van der Waals surface area contributed by atoms with E-state index in [2.05, 4.69) is 58.0 Å². The number of hydrogen-bond acceptors (Lipinski definition) is 2. The quantitative estimate of drug-likeness (QED) is 0.291. The minimum atomic E-state index is -0.406. The highest BCUT2D eigenvalue weighted by molar-refractivity contribution is 6.33. The third-order valence-electron chi connectivity index (χ3n) is 6.81. The van der Waals surface area contributed by atoms with Crippen LogP contribution in [-0.4, -0.2) is 27.4 Å². The van der Waals surface area contributed by atoms with E-state index >= 15 is 0 Å². The zero-order valence-corrected chi connectivity index (χ0v) is 19.8. The molecule has 6 rings (SSSR count). The monoisotopic (exact) mass is 470 g/mol. The molecular weight excluding hydrogens is 447 g/mol. The molecule has 0 unspecified atom stereocenters. The molecule has 0 bridgehead atoms. The topological polar surface area (TPSA) is 26.0 Å². The minimum Gasteiger partial charge on any atom is -0.368 e. The highest BCUT2D eigenvalue weighted by atomic mass is 35.5. The van der Waals surface area contributed by atoms with Gasteiger partial charge in [-0.05, 0) is 47.7 Å². The predicted octanol–water partition coefficient (Wildman–Crippen LogP) is 6.74. The molecule has 3 aromatic carbocycles. The fraction of sp³-hybridized carbons (Fsp3) is 0.179. The third-order valence-corrected chi connectivity index (χ3v) is 7.20. The van der Waals surface area contributed by atoms with Crippen molar-refractivity contribution >= 4 is 28.2 Å². The van der Waals surface area contributed by atoms with E-state index in [0.29, 0.717) is 11.5 Å². The molecule has 0 radical (unpaired) electrons. The van der Waals surface area contributed by atoms with Crippen LogP contribution in [0.25, 0.3) is 27.7 Å². The van der Waals surface area contributed by atoms with Crippen LogP contribution >= 0.6 is 11.6 Å². The number of nitrogens with zero attached hydrogens (tertiary/aromatic N) is 4. The molecule has 5 aromatic rings. The minimum absolute atomic E-state index is 0.155.